The first kappa shape index (κ1) is 26.3. The van der Waals surface area contributed by atoms with Crippen LogP contribution in [0.2, 0.25) is 0 Å². The Kier molecular flexibility index (Phi) is 5.41. The van der Waals surface area contributed by atoms with Crippen LogP contribution in [0.15, 0.2) is 96.1 Å². The molecule has 8 rings (SSSR count). The number of nitrogens with zero attached hydrogens (tertiary/aromatic N) is 4. The molecule has 0 saturated carbocycles. The molecule has 2 fully saturated rings. The van der Waals surface area contributed by atoms with Crippen molar-refractivity contribution in [1.82, 2.24) is 19.6 Å². The van der Waals surface area contributed by atoms with Gasteiger partial charge in [0.2, 0.25) is 0 Å². The number of urea groups is 2. The van der Waals surface area contributed by atoms with Crippen LogP contribution in [0.5, 0.6) is 11.5 Å². The number of allylic oxidation sites excluding steroid dienone is 2. The molecule has 0 atom stereocenters. The first-order valence-corrected chi connectivity index (χ1v) is 14.4. The van der Waals surface area contributed by atoms with E-state index < -0.39 is 11.3 Å². The number of hydrogen-bond acceptors (Lipinski definition) is 6. The topological polar surface area (TPSA) is 99.7 Å². The summed E-state index contributed by atoms with van der Waals surface area (Å²) in [5.41, 5.74) is 0.474. The number of rotatable bonds is 4. The molecule has 4 amide bonds. The minimum absolute atomic E-state index is 0.102. The van der Waals surface area contributed by atoms with Gasteiger partial charge >= 0.3 is 12.1 Å². The molecule has 0 N–H and O–H groups in total. The van der Waals surface area contributed by atoms with Gasteiger partial charge in [-0.3, -0.25) is 29.2 Å². The lowest BCUT2D eigenvalue weighted by Gasteiger charge is -2.49. The highest BCUT2D eigenvalue weighted by Crippen LogP contribution is 2.65. The molecule has 10 nitrogen and oxygen atoms in total. The van der Waals surface area contributed by atoms with Crippen LogP contribution < -0.4 is 9.47 Å². The Morgan fingerprint density at radius 3 is 1.25 bits per heavy atom. The summed E-state index contributed by atoms with van der Waals surface area (Å²) in [6.07, 6.45) is 2.50. The van der Waals surface area contributed by atoms with Gasteiger partial charge < -0.3 is 9.47 Å². The maximum atomic E-state index is 15.1. The minimum Gasteiger partial charge on any atom is -0.496 e. The molecular formula is C34H28N4O6. The summed E-state index contributed by atoms with van der Waals surface area (Å²) >= 11 is 0. The fourth-order valence-electron chi connectivity index (χ4n) is 7.99. The number of carbonyl (C=O) groups excluding carboxylic acids is 4. The van der Waals surface area contributed by atoms with Crippen molar-refractivity contribution in [3.63, 3.8) is 0 Å². The molecule has 0 aromatic heterocycles. The van der Waals surface area contributed by atoms with Gasteiger partial charge in [0, 0.05) is 33.4 Å². The van der Waals surface area contributed by atoms with Gasteiger partial charge in [0.05, 0.1) is 40.4 Å². The maximum absolute atomic E-state index is 15.1. The van der Waals surface area contributed by atoms with E-state index in [4.69, 9.17) is 9.47 Å². The molecule has 220 valence electrons. The number of ketones is 2. The highest BCUT2D eigenvalue weighted by Gasteiger charge is 2.81. The van der Waals surface area contributed by atoms with Crippen molar-refractivity contribution in [1.29, 1.82) is 0 Å². The van der Waals surface area contributed by atoms with Crippen LogP contribution in [-0.4, -0.2) is 70.5 Å². The zero-order valence-electron chi connectivity index (χ0n) is 24.1. The number of amides is 4. The molecule has 10 heteroatoms. The third kappa shape index (κ3) is 2.94. The lowest BCUT2D eigenvalue weighted by molar-refractivity contribution is -0.115. The van der Waals surface area contributed by atoms with Crippen molar-refractivity contribution in [2.75, 3.05) is 27.3 Å². The summed E-state index contributed by atoms with van der Waals surface area (Å²) in [4.78, 5) is 63.6. The van der Waals surface area contributed by atoms with Gasteiger partial charge in [-0.05, 0) is 24.3 Å². The molecule has 2 saturated heterocycles. The van der Waals surface area contributed by atoms with Crippen LogP contribution in [-0.2, 0) is 34.0 Å². The Bertz CT molecular complexity index is 1760. The Morgan fingerprint density at radius 1 is 0.523 bits per heavy atom. The van der Waals surface area contributed by atoms with E-state index in [2.05, 4.69) is 0 Å². The van der Waals surface area contributed by atoms with Crippen molar-refractivity contribution < 1.29 is 28.7 Å². The van der Waals surface area contributed by atoms with Crippen LogP contribution in [0, 0.1) is 0 Å². The van der Waals surface area contributed by atoms with E-state index in [1.807, 2.05) is 60.7 Å². The molecule has 0 bridgehead atoms. The molecule has 5 aliphatic rings. The third-order valence-electron chi connectivity index (χ3n) is 9.72. The van der Waals surface area contributed by atoms with Gasteiger partial charge in [-0.15, -0.1) is 0 Å². The summed E-state index contributed by atoms with van der Waals surface area (Å²) in [5, 5.41) is 0. The Labute approximate surface area is 253 Å². The van der Waals surface area contributed by atoms with E-state index in [-0.39, 0.29) is 61.0 Å². The fraction of sp³-hybridized carbons (Fsp3) is 0.235. The second kappa shape index (κ2) is 9.06. The highest BCUT2D eigenvalue weighted by atomic mass is 16.5. The number of fused-ring (bicyclic) bond motifs is 1. The monoisotopic (exact) mass is 588 g/mol. The van der Waals surface area contributed by atoms with Crippen LogP contribution in [0.3, 0.4) is 0 Å². The average molecular weight is 589 g/mol. The Hall–Kier alpha value is -5.38. The largest absolute Gasteiger partial charge is 0.496 e. The molecule has 1 aliphatic carbocycles. The average Bonchev–Trinajstić information content (AvgIpc) is 3.22. The van der Waals surface area contributed by atoms with Crippen molar-refractivity contribution >= 4 is 23.6 Å². The first-order chi connectivity index (χ1) is 21.4. The van der Waals surface area contributed by atoms with Crippen LogP contribution in [0.1, 0.15) is 22.3 Å². The van der Waals surface area contributed by atoms with Gasteiger partial charge in [0.1, 0.15) is 11.5 Å². The van der Waals surface area contributed by atoms with Crippen LogP contribution in [0.25, 0.3) is 0 Å². The van der Waals surface area contributed by atoms with Crippen molar-refractivity contribution in [3.05, 3.63) is 118 Å². The van der Waals surface area contributed by atoms with Crippen LogP contribution >= 0.6 is 0 Å². The van der Waals surface area contributed by atoms with Gasteiger partial charge in [-0.25, -0.2) is 9.59 Å². The predicted octanol–water partition coefficient (Wildman–Crippen LogP) is 3.92. The zero-order valence-corrected chi connectivity index (χ0v) is 24.1. The smallest absolute Gasteiger partial charge is 0.325 e. The van der Waals surface area contributed by atoms with Crippen molar-refractivity contribution in [3.8, 4) is 11.5 Å². The number of methoxy groups -OCH3 is 2. The molecule has 3 aromatic rings. The number of benzene rings is 3. The van der Waals surface area contributed by atoms with Gasteiger partial charge in [-0.1, -0.05) is 60.7 Å². The summed E-state index contributed by atoms with van der Waals surface area (Å²) in [5.74, 6) is 0.463. The molecule has 3 aromatic carbocycles. The van der Waals surface area contributed by atoms with Gasteiger partial charge in [0.25, 0.3) is 0 Å². The van der Waals surface area contributed by atoms with E-state index >= 15 is 9.59 Å². The summed E-state index contributed by atoms with van der Waals surface area (Å²) in [7, 11) is 3.15. The standard InChI is InChI=1S/C34H28N4O6/c1-43-29-15-16-30(44-2)26-20-38-32(42)36-18-24-23(27(39)13-14-28(24)40)17-35-31(41)37(19-25(26)29)34(38,22-11-7-4-8-12-22)33(35,36)21-9-5-3-6-10-21/h3-16H,17-20H2,1-2H3. The van der Waals surface area contributed by atoms with E-state index in [1.54, 1.807) is 46.0 Å². The molecule has 4 heterocycles. The molecule has 0 spiro atoms. The molecule has 0 unspecified atom stereocenters. The maximum Gasteiger partial charge on any atom is 0.325 e. The predicted molar refractivity (Wildman–Crippen MR) is 157 cm³/mol. The van der Waals surface area contributed by atoms with E-state index in [0.717, 1.165) is 16.7 Å². The van der Waals surface area contributed by atoms with Crippen LogP contribution in [0.4, 0.5) is 9.59 Å². The lowest BCUT2D eigenvalue weighted by Crippen LogP contribution is -2.63. The number of carbonyl (C=O) groups is 4. The quantitative estimate of drug-likeness (QED) is 0.429. The number of hydrogen-bond donors (Lipinski definition) is 0. The molecule has 0 radical (unpaired) electrons. The van der Waals surface area contributed by atoms with E-state index in [0.29, 0.717) is 17.1 Å². The fourth-order valence-corrected chi connectivity index (χ4v) is 7.99. The highest BCUT2D eigenvalue weighted by molar-refractivity contribution is 6.21. The Balaban J connectivity index is 1.51. The third-order valence-corrected chi connectivity index (χ3v) is 9.72. The van der Waals surface area contributed by atoms with Gasteiger partial charge in [-0.2, -0.15) is 0 Å². The van der Waals surface area contributed by atoms with E-state index in [1.165, 1.54) is 12.2 Å². The first-order valence-electron chi connectivity index (χ1n) is 14.4. The summed E-state index contributed by atoms with van der Waals surface area (Å²) < 4.78 is 11.6. The zero-order chi connectivity index (χ0) is 30.4. The summed E-state index contributed by atoms with van der Waals surface area (Å²) in [6.45, 7) is -0.0682. The normalized spacial score (nSPS) is 25.1. The SMILES string of the molecule is COc1ccc(OC)c2c1CN1C(=O)N3CC4=C(CN5C(=O)N(C2)C1(c1ccccc1)C35c1ccccc1)C(=O)C=CC4=O. The second-order valence-corrected chi connectivity index (χ2v) is 11.4. The lowest BCUT2D eigenvalue weighted by atomic mass is 9.79. The van der Waals surface area contributed by atoms with Crippen molar-refractivity contribution in [2.24, 2.45) is 0 Å². The summed E-state index contributed by atoms with van der Waals surface area (Å²) in [6, 6.07) is 21.8. The Morgan fingerprint density at radius 2 is 0.886 bits per heavy atom. The molecule has 4 aliphatic heterocycles. The second-order valence-electron chi connectivity index (χ2n) is 11.4. The van der Waals surface area contributed by atoms with E-state index in [9.17, 15) is 9.59 Å². The van der Waals surface area contributed by atoms with Gasteiger partial charge in [0.15, 0.2) is 22.9 Å². The minimum atomic E-state index is -1.45. The molecule has 44 heavy (non-hydrogen) atoms. The van der Waals surface area contributed by atoms with Crippen molar-refractivity contribution in [2.45, 2.75) is 24.4 Å². The molecular weight excluding hydrogens is 560 g/mol. The number of ether oxygens (including phenoxy) is 2.